The molecule has 0 saturated carbocycles. The second-order valence-corrected chi connectivity index (χ2v) is 5.52. The molecule has 1 aromatic heterocycles. The second kappa shape index (κ2) is 4.39. The van der Waals surface area contributed by atoms with Crippen LogP contribution in [0.15, 0.2) is 18.2 Å². The van der Waals surface area contributed by atoms with Crippen LogP contribution in [0.25, 0.3) is 11.0 Å². The lowest BCUT2D eigenvalue weighted by Crippen LogP contribution is -2.43. The third-order valence-corrected chi connectivity index (χ3v) is 4.29. The van der Waals surface area contributed by atoms with Crippen molar-refractivity contribution >= 4 is 11.0 Å². The van der Waals surface area contributed by atoms with Crippen molar-refractivity contribution in [3.05, 3.63) is 29.6 Å². The lowest BCUT2D eigenvalue weighted by molar-refractivity contribution is 0.290. The maximum atomic E-state index is 4.82. The number of H-pyrrole nitrogens is 1. The van der Waals surface area contributed by atoms with Gasteiger partial charge in [-0.15, -0.1) is 0 Å². The molecule has 2 N–H and O–H groups in total. The molecular weight excluding hydrogens is 222 g/mol. The summed E-state index contributed by atoms with van der Waals surface area (Å²) in [6.07, 6.45) is 3.61. The zero-order valence-corrected chi connectivity index (χ0v) is 11.2. The number of rotatable bonds is 2. The summed E-state index contributed by atoms with van der Waals surface area (Å²) in [5, 5.41) is 3.52. The zero-order chi connectivity index (χ0) is 12.6. The monoisotopic (exact) mass is 243 g/mol. The van der Waals surface area contributed by atoms with Crippen molar-refractivity contribution in [2.24, 2.45) is 0 Å². The van der Waals surface area contributed by atoms with E-state index in [1.54, 1.807) is 0 Å². The van der Waals surface area contributed by atoms with Crippen LogP contribution >= 0.6 is 0 Å². The molecule has 1 saturated heterocycles. The average molecular weight is 243 g/mol. The highest BCUT2D eigenvalue weighted by Crippen LogP contribution is 2.33. The van der Waals surface area contributed by atoms with Crippen molar-refractivity contribution in [1.82, 2.24) is 15.3 Å². The number of piperidine rings is 1. The Bertz CT molecular complexity index is 550. The Morgan fingerprint density at radius 2 is 2.28 bits per heavy atom. The standard InChI is InChI=1S/C15H21N3/c1-3-15(7-4-8-16-10-15)14-17-12-6-5-11(2)9-13(12)18-14/h5-6,9,16H,3-4,7-8,10H2,1-2H3,(H,17,18). The molecule has 0 spiro atoms. The minimum absolute atomic E-state index is 0.200. The number of nitrogens with zero attached hydrogens (tertiary/aromatic N) is 1. The van der Waals surface area contributed by atoms with Crippen LogP contribution < -0.4 is 5.32 Å². The summed E-state index contributed by atoms with van der Waals surface area (Å²) in [5.41, 5.74) is 3.74. The van der Waals surface area contributed by atoms with Gasteiger partial charge in [-0.1, -0.05) is 13.0 Å². The molecule has 0 aliphatic carbocycles. The van der Waals surface area contributed by atoms with Crippen LogP contribution in [-0.4, -0.2) is 23.1 Å². The van der Waals surface area contributed by atoms with Gasteiger partial charge in [0.2, 0.25) is 0 Å². The minimum atomic E-state index is 0.200. The molecule has 1 aliphatic rings. The molecule has 3 rings (SSSR count). The van der Waals surface area contributed by atoms with Gasteiger partial charge in [0, 0.05) is 12.0 Å². The van der Waals surface area contributed by atoms with Crippen LogP contribution in [0.1, 0.15) is 37.6 Å². The topological polar surface area (TPSA) is 40.7 Å². The lowest BCUT2D eigenvalue weighted by Gasteiger charge is -2.35. The van der Waals surface area contributed by atoms with Crippen molar-refractivity contribution in [3.63, 3.8) is 0 Å². The van der Waals surface area contributed by atoms with E-state index in [1.807, 2.05) is 0 Å². The Morgan fingerprint density at radius 1 is 1.39 bits per heavy atom. The summed E-state index contributed by atoms with van der Waals surface area (Å²) < 4.78 is 0. The summed E-state index contributed by atoms with van der Waals surface area (Å²) in [5.74, 6) is 1.16. The first-order valence-electron chi connectivity index (χ1n) is 6.91. The van der Waals surface area contributed by atoms with E-state index in [2.05, 4.69) is 42.3 Å². The third-order valence-electron chi connectivity index (χ3n) is 4.29. The Kier molecular flexibility index (Phi) is 2.86. The van der Waals surface area contributed by atoms with E-state index in [0.717, 1.165) is 30.9 Å². The van der Waals surface area contributed by atoms with E-state index in [-0.39, 0.29) is 5.41 Å². The van der Waals surface area contributed by atoms with E-state index in [0.29, 0.717) is 0 Å². The summed E-state index contributed by atoms with van der Waals surface area (Å²) in [6.45, 7) is 6.58. The Morgan fingerprint density at radius 3 is 3.00 bits per heavy atom. The van der Waals surface area contributed by atoms with Crippen LogP contribution in [-0.2, 0) is 5.41 Å². The Labute approximate surface area is 108 Å². The van der Waals surface area contributed by atoms with Gasteiger partial charge in [0.1, 0.15) is 5.82 Å². The van der Waals surface area contributed by atoms with Crippen LogP contribution in [0.5, 0.6) is 0 Å². The molecule has 1 aliphatic heterocycles. The van der Waals surface area contributed by atoms with Gasteiger partial charge >= 0.3 is 0 Å². The maximum absolute atomic E-state index is 4.82. The minimum Gasteiger partial charge on any atom is -0.341 e. The highest BCUT2D eigenvalue weighted by molar-refractivity contribution is 5.76. The lowest BCUT2D eigenvalue weighted by atomic mass is 9.77. The first-order chi connectivity index (χ1) is 8.73. The predicted octanol–water partition coefficient (Wildman–Crippen LogP) is 2.90. The van der Waals surface area contributed by atoms with E-state index >= 15 is 0 Å². The smallest absolute Gasteiger partial charge is 0.114 e. The highest BCUT2D eigenvalue weighted by Gasteiger charge is 2.34. The first-order valence-corrected chi connectivity index (χ1v) is 6.91. The molecule has 1 aromatic carbocycles. The largest absolute Gasteiger partial charge is 0.341 e. The average Bonchev–Trinajstić information content (AvgIpc) is 2.83. The maximum Gasteiger partial charge on any atom is 0.114 e. The van der Waals surface area contributed by atoms with Gasteiger partial charge in [0.25, 0.3) is 0 Å². The predicted molar refractivity (Wildman–Crippen MR) is 74.9 cm³/mol. The third kappa shape index (κ3) is 1.83. The number of aromatic amines is 1. The summed E-state index contributed by atoms with van der Waals surface area (Å²) in [4.78, 5) is 8.37. The number of aryl methyl sites for hydroxylation is 1. The number of hydrogen-bond donors (Lipinski definition) is 2. The quantitative estimate of drug-likeness (QED) is 0.851. The van der Waals surface area contributed by atoms with E-state index in [1.165, 1.54) is 23.9 Å². The van der Waals surface area contributed by atoms with Crippen molar-refractivity contribution in [1.29, 1.82) is 0 Å². The molecule has 0 radical (unpaired) electrons. The first kappa shape index (κ1) is 11.7. The molecule has 2 heterocycles. The van der Waals surface area contributed by atoms with Gasteiger partial charge in [-0.2, -0.15) is 0 Å². The molecule has 0 amide bonds. The number of benzene rings is 1. The Balaban J connectivity index is 2.06. The molecule has 1 atom stereocenters. The molecular formula is C15H21N3. The normalized spacial score (nSPS) is 24.6. The molecule has 96 valence electrons. The van der Waals surface area contributed by atoms with Gasteiger partial charge in [-0.25, -0.2) is 4.98 Å². The fourth-order valence-corrected chi connectivity index (χ4v) is 3.01. The number of fused-ring (bicyclic) bond motifs is 1. The fourth-order valence-electron chi connectivity index (χ4n) is 3.01. The molecule has 3 heteroatoms. The van der Waals surface area contributed by atoms with Crippen molar-refractivity contribution in [3.8, 4) is 0 Å². The summed E-state index contributed by atoms with van der Waals surface area (Å²) >= 11 is 0. The molecule has 18 heavy (non-hydrogen) atoms. The number of hydrogen-bond acceptors (Lipinski definition) is 2. The van der Waals surface area contributed by atoms with E-state index in [9.17, 15) is 0 Å². The van der Waals surface area contributed by atoms with Gasteiger partial charge in [-0.05, 0) is 50.4 Å². The number of imidazole rings is 1. The van der Waals surface area contributed by atoms with E-state index in [4.69, 9.17) is 4.98 Å². The Hall–Kier alpha value is -1.35. The van der Waals surface area contributed by atoms with Gasteiger partial charge < -0.3 is 10.3 Å². The van der Waals surface area contributed by atoms with Gasteiger partial charge in [0.15, 0.2) is 0 Å². The van der Waals surface area contributed by atoms with Crippen LogP contribution in [0.2, 0.25) is 0 Å². The molecule has 2 aromatic rings. The van der Waals surface area contributed by atoms with Crippen LogP contribution in [0.3, 0.4) is 0 Å². The summed E-state index contributed by atoms with van der Waals surface area (Å²) in [7, 11) is 0. The fraction of sp³-hybridized carbons (Fsp3) is 0.533. The van der Waals surface area contributed by atoms with Gasteiger partial charge in [-0.3, -0.25) is 0 Å². The van der Waals surface area contributed by atoms with Crippen molar-refractivity contribution in [2.45, 2.75) is 38.5 Å². The van der Waals surface area contributed by atoms with Crippen LogP contribution in [0.4, 0.5) is 0 Å². The molecule has 0 bridgehead atoms. The van der Waals surface area contributed by atoms with Crippen molar-refractivity contribution < 1.29 is 0 Å². The summed E-state index contributed by atoms with van der Waals surface area (Å²) in [6, 6.07) is 6.43. The second-order valence-electron chi connectivity index (χ2n) is 5.52. The SMILES string of the molecule is CCC1(c2nc3ccc(C)cc3[nH]2)CCCNC1. The highest BCUT2D eigenvalue weighted by atomic mass is 15.0. The number of aromatic nitrogens is 2. The van der Waals surface area contributed by atoms with Crippen LogP contribution in [0, 0.1) is 6.92 Å². The number of nitrogens with one attached hydrogen (secondary N) is 2. The van der Waals surface area contributed by atoms with Gasteiger partial charge in [0.05, 0.1) is 11.0 Å². The zero-order valence-electron chi connectivity index (χ0n) is 11.2. The van der Waals surface area contributed by atoms with Crippen molar-refractivity contribution in [2.75, 3.05) is 13.1 Å². The molecule has 1 fully saturated rings. The molecule has 1 unspecified atom stereocenters. The van der Waals surface area contributed by atoms with E-state index < -0.39 is 0 Å². The molecule has 3 nitrogen and oxygen atoms in total.